The van der Waals surface area contributed by atoms with E-state index in [1.807, 2.05) is 27.7 Å². The maximum atomic E-state index is 16.1. The van der Waals surface area contributed by atoms with Crippen LogP contribution in [0.2, 0.25) is 0 Å². The maximum Gasteiger partial charge on any atom is 0.293 e. The molecule has 3 N–H and O–H groups in total. The third kappa shape index (κ3) is 7.34. The summed E-state index contributed by atoms with van der Waals surface area (Å²) in [6, 6.07) is 18.1. The van der Waals surface area contributed by atoms with Crippen molar-refractivity contribution < 1.29 is 23.3 Å². The van der Waals surface area contributed by atoms with Crippen LogP contribution in [0.4, 0.5) is 10.1 Å². The quantitative estimate of drug-likeness (QED) is 0.137. The molecule has 3 fully saturated rings. The molecule has 0 bridgehead atoms. The van der Waals surface area contributed by atoms with Gasteiger partial charge in [-0.1, -0.05) is 56.3 Å². The number of carbonyl (C=O) groups excluding carboxylic acids is 3. The predicted octanol–water partition coefficient (Wildman–Crippen LogP) is 6.99. The number of benzene rings is 3. The number of anilines is 1. The summed E-state index contributed by atoms with van der Waals surface area (Å²) in [5.41, 5.74) is 6.84. The number of carbonyl (C=O) groups is 3. The van der Waals surface area contributed by atoms with Gasteiger partial charge in [0.15, 0.2) is 0 Å². The first-order valence-corrected chi connectivity index (χ1v) is 20.4. The van der Waals surface area contributed by atoms with Gasteiger partial charge < -0.3 is 19.7 Å². The van der Waals surface area contributed by atoms with Crippen LogP contribution in [0.1, 0.15) is 110 Å². The molecule has 59 heavy (non-hydrogen) atoms. The number of amides is 3. The Labute approximate surface area is 341 Å². The van der Waals surface area contributed by atoms with E-state index in [0.29, 0.717) is 53.2 Å². The minimum atomic E-state index is -0.523. The second-order valence-electron chi connectivity index (χ2n) is 17.4. The van der Waals surface area contributed by atoms with Gasteiger partial charge in [-0.15, -0.1) is 0 Å². The lowest BCUT2D eigenvalue weighted by Gasteiger charge is -2.47. The first-order chi connectivity index (χ1) is 28.3. The summed E-state index contributed by atoms with van der Waals surface area (Å²) in [5, 5.41) is 10.8. The van der Waals surface area contributed by atoms with Crippen LogP contribution in [0.25, 0.3) is 33.2 Å². The highest BCUT2D eigenvalue weighted by Gasteiger charge is 2.36. The lowest BCUT2D eigenvalue weighted by Crippen LogP contribution is -2.53. The Morgan fingerprint density at radius 2 is 1.73 bits per heavy atom. The van der Waals surface area contributed by atoms with Crippen LogP contribution in [0.3, 0.4) is 0 Å². The van der Waals surface area contributed by atoms with Crippen molar-refractivity contribution in [2.45, 2.75) is 89.6 Å². The van der Waals surface area contributed by atoms with Gasteiger partial charge in [-0.25, -0.2) is 14.4 Å². The number of nitrogens with one attached hydrogen (secondary N) is 3. The summed E-state index contributed by atoms with van der Waals surface area (Å²) in [6.07, 6.45) is 4.66. The minimum absolute atomic E-state index is 0.0674. The first kappa shape index (κ1) is 38.5. The molecule has 9 rings (SSSR count). The smallest absolute Gasteiger partial charge is 0.293 e. The molecule has 3 aromatic carbocycles. The molecule has 0 unspecified atom stereocenters. The second kappa shape index (κ2) is 15.0. The molecule has 1 saturated carbocycles. The zero-order valence-corrected chi connectivity index (χ0v) is 33.9. The number of halogens is 1. The maximum absolute atomic E-state index is 16.1. The van der Waals surface area contributed by atoms with E-state index in [1.54, 1.807) is 13.0 Å². The van der Waals surface area contributed by atoms with Crippen molar-refractivity contribution in [2.24, 2.45) is 0 Å². The van der Waals surface area contributed by atoms with E-state index in [1.165, 1.54) is 18.0 Å². The molecule has 2 saturated heterocycles. The molecule has 0 spiro atoms. The van der Waals surface area contributed by atoms with Crippen molar-refractivity contribution in [1.29, 1.82) is 0 Å². The molecule has 13 nitrogen and oxygen atoms in total. The Bertz CT molecular complexity index is 2600. The summed E-state index contributed by atoms with van der Waals surface area (Å²) < 4.78 is 21.4. The number of imide groups is 1. The number of aryl methyl sites for hydroxylation is 1. The second-order valence-corrected chi connectivity index (χ2v) is 17.4. The summed E-state index contributed by atoms with van der Waals surface area (Å²) in [5.74, 6) is -0.774. The van der Waals surface area contributed by atoms with Gasteiger partial charge in [-0.05, 0) is 85.5 Å². The van der Waals surface area contributed by atoms with Crippen LogP contribution in [0.15, 0.2) is 65.4 Å². The molecular weight excluding hydrogens is 750 g/mol. The van der Waals surface area contributed by atoms with Crippen molar-refractivity contribution in [1.82, 2.24) is 40.6 Å². The zero-order chi connectivity index (χ0) is 41.2. The van der Waals surface area contributed by atoms with Crippen LogP contribution in [-0.2, 0) is 15.0 Å². The fourth-order valence-electron chi connectivity index (χ4n) is 8.94. The normalized spacial score (nSPS) is 20.8. The van der Waals surface area contributed by atoms with Gasteiger partial charge in [0.25, 0.3) is 11.7 Å². The van der Waals surface area contributed by atoms with Crippen molar-refractivity contribution >= 4 is 45.3 Å². The number of rotatable bonds is 8. The Morgan fingerprint density at radius 1 is 0.983 bits per heavy atom. The standard InChI is InChI=1S/C45H48FN9O4/c1-24-18-34(35(46)22-33(24)25(2)49-43(58)41-52-44(59-53-41)45(3,4)5)39-38-32-11-10-29(21-36(32)50-40(38)48-23-47-39)54-14-16-55(17-15-54)30-19-28(20-30)26-6-8-27(9-7-26)31-12-13-37(56)51-42(31)57/h6-11,18,21-23,25,28,30-31H,12-17,19-20H2,1-5H3,(H,49,58)(H,47,48,50)(H,51,56,57)/t25-,28?,30?,31+/m1/s1. The Morgan fingerprint density at radius 3 is 2.44 bits per heavy atom. The number of hydrogen-bond acceptors (Lipinski definition) is 10. The molecule has 6 aromatic rings. The summed E-state index contributed by atoms with van der Waals surface area (Å²) in [7, 11) is 0. The molecule has 3 aliphatic rings. The number of aromatic amines is 1. The lowest BCUT2D eigenvalue weighted by molar-refractivity contribution is -0.134. The zero-order valence-electron chi connectivity index (χ0n) is 33.9. The third-order valence-electron chi connectivity index (χ3n) is 12.4. The molecule has 3 amide bonds. The van der Waals surface area contributed by atoms with E-state index in [-0.39, 0.29) is 23.6 Å². The average molecular weight is 798 g/mol. The van der Waals surface area contributed by atoms with E-state index in [0.717, 1.165) is 72.1 Å². The van der Waals surface area contributed by atoms with Gasteiger partial charge in [0.05, 0.1) is 23.0 Å². The predicted molar refractivity (Wildman–Crippen MR) is 222 cm³/mol. The van der Waals surface area contributed by atoms with Crippen LogP contribution in [0.5, 0.6) is 0 Å². The van der Waals surface area contributed by atoms with Crippen molar-refractivity contribution in [3.63, 3.8) is 0 Å². The van der Waals surface area contributed by atoms with E-state index >= 15 is 4.39 Å². The van der Waals surface area contributed by atoms with Gasteiger partial charge in [-0.2, -0.15) is 4.98 Å². The summed E-state index contributed by atoms with van der Waals surface area (Å²) in [6.45, 7) is 13.3. The molecule has 5 heterocycles. The molecule has 0 radical (unpaired) electrons. The molecule has 2 atom stereocenters. The number of piperidine rings is 1. The average Bonchev–Trinajstić information content (AvgIpc) is 3.85. The number of nitrogens with zero attached hydrogens (tertiary/aromatic N) is 6. The highest BCUT2D eigenvalue weighted by molar-refractivity contribution is 6.12. The largest absolute Gasteiger partial charge is 0.369 e. The van der Waals surface area contributed by atoms with Gasteiger partial charge in [0.2, 0.25) is 17.7 Å². The number of fused-ring (bicyclic) bond motifs is 3. The lowest BCUT2D eigenvalue weighted by atomic mass is 9.74. The SMILES string of the molecule is Cc1cc(-c2ncnc3[nH]c4cc(N5CCN(C6CC(c7ccc([C@@H]8CCC(=O)NC8=O)cc7)C6)CC5)ccc4c23)c(F)cc1[C@@H](C)NC(=O)c1noc(C(C)(C)C)n1. The highest BCUT2D eigenvalue weighted by Crippen LogP contribution is 2.41. The molecule has 2 aliphatic heterocycles. The molecule has 1 aliphatic carbocycles. The number of piperazine rings is 1. The van der Waals surface area contributed by atoms with Crippen LogP contribution < -0.4 is 15.5 Å². The summed E-state index contributed by atoms with van der Waals surface area (Å²) >= 11 is 0. The van der Waals surface area contributed by atoms with Crippen molar-refractivity contribution in [3.8, 4) is 11.3 Å². The van der Waals surface area contributed by atoms with E-state index in [4.69, 9.17) is 4.52 Å². The molecule has 14 heteroatoms. The van der Waals surface area contributed by atoms with E-state index in [2.05, 4.69) is 88.0 Å². The highest BCUT2D eigenvalue weighted by atomic mass is 19.1. The minimum Gasteiger partial charge on any atom is -0.369 e. The van der Waals surface area contributed by atoms with Gasteiger partial charge >= 0.3 is 0 Å². The molecule has 304 valence electrons. The Hall–Kier alpha value is -6.02. The van der Waals surface area contributed by atoms with Gasteiger partial charge in [0, 0.05) is 66.2 Å². The third-order valence-corrected chi connectivity index (χ3v) is 12.4. The Kier molecular flexibility index (Phi) is 9.77. The van der Waals surface area contributed by atoms with Gasteiger partial charge in [0.1, 0.15) is 17.8 Å². The van der Waals surface area contributed by atoms with Crippen LogP contribution in [-0.4, -0.2) is 79.9 Å². The first-order valence-electron chi connectivity index (χ1n) is 20.4. The monoisotopic (exact) mass is 797 g/mol. The van der Waals surface area contributed by atoms with Crippen molar-refractivity contribution in [2.75, 3.05) is 31.1 Å². The van der Waals surface area contributed by atoms with Gasteiger partial charge in [-0.3, -0.25) is 24.6 Å². The van der Waals surface area contributed by atoms with Crippen molar-refractivity contribution in [3.05, 3.63) is 101 Å². The van der Waals surface area contributed by atoms with Crippen LogP contribution in [0, 0.1) is 12.7 Å². The number of hydrogen-bond donors (Lipinski definition) is 3. The number of aromatic nitrogens is 5. The molecular formula is C45H48FN9O4. The fraction of sp³-hybridized carbons (Fsp3) is 0.400. The number of H-pyrrole nitrogens is 1. The van der Waals surface area contributed by atoms with Crippen LogP contribution >= 0.6 is 0 Å². The fourth-order valence-corrected chi connectivity index (χ4v) is 8.94. The topological polar surface area (TPSA) is 162 Å². The Balaban J connectivity index is 0.846. The van der Waals surface area contributed by atoms with E-state index < -0.39 is 23.2 Å². The summed E-state index contributed by atoms with van der Waals surface area (Å²) in [4.78, 5) is 58.7. The van der Waals surface area contributed by atoms with E-state index in [9.17, 15) is 14.4 Å². The molecule has 3 aromatic heterocycles.